The predicted octanol–water partition coefficient (Wildman–Crippen LogP) is 3.75. The smallest absolute Gasteiger partial charge is 0.0699 e. The molecule has 0 aromatic carbocycles. The molecule has 1 atom stereocenters. The lowest BCUT2D eigenvalue weighted by molar-refractivity contribution is 0.0448. The minimum atomic E-state index is 0.427. The zero-order valence-corrected chi connectivity index (χ0v) is 11.6. The highest BCUT2D eigenvalue weighted by molar-refractivity contribution is 4.60. The fraction of sp³-hybridized carbons (Fsp3) is 1.00. The predicted molar refractivity (Wildman–Crippen MR) is 72.0 cm³/mol. The van der Waals surface area contributed by atoms with E-state index in [9.17, 15) is 0 Å². The molecule has 0 heterocycles. The molecule has 0 amide bonds. The quantitative estimate of drug-likeness (QED) is 0.515. The Morgan fingerprint density at radius 2 is 1.69 bits per heavy atom. The molecule has 0 bridgehead atoms. The Labute approximate surface area is 102 Å². The van der Waals surface area contributed by atoms with Gasteiger partial charge in [0.1, 0.15) is 0 Å². The molecule has 1 unspecified atom stereocenters. The zero-order chi connectivity index (χ0) is 12.1. The number of likely N-dealkylation sites (N-methyl/N-ethyl adjacent to an activating group) is 1. The van der Waals surface area contributed by atoms with Crippen molar-refractivity contribution in [2.45, 2.75) is 71.8 Å². The Bertz CT molecular complexity index is 128. The maximum absolute atomic E-state index is 5.90. The Morgan fingerprint density at radius 3 is 2.31 bits per heavy atom. The van der Waals surface area contributed by atoms with Gasteiger partial charge in [-0.05, 0) is 19.4 Å². The molecule has 1 N–H and O–H groups in total. The van der Waals surface area contributed by atoms with Crippen molar-refractivity contribution in [3.8, 4) is 0 Å². The van der Waals surface area contributed by atoms with Gasteiger partial charge < -0.3 is 10.1 Å². The van der Waals surface area contributed by atoms with Crippen molar-refractivity contribution in [2.75, 3.05) is 19.7 Å². The molecule has 0 aliphatic rings. The average Bonchev–Trinajstić information content (AvgIpc) is 2.30. The summed E-state index contributed by atoms with van der Waals surface area (Å²) < 4.78 is 5.90. The molecule has 0 rings (SSSR count). The Kier molecular flexibility index (Phi) is 12.9. The van der Waals surface area contributed by atoms with Crippen molar-refractivity contribution in [3.63, 3.8) is 0 Å². The maximum Gasteiger partial charge on any atom is 0.0699 e. The van der Waals surface area contributed by atoms with Crippen LogP contribution in [0.25, 0.3) is 0 Å². The van der Waals surface area contributed by atoms with Crippen LogP contribution in [0.2, 0.25) is 0 Å². The molecule has 0 saturated carbocycles. The number of ether oxygens (including phenoxy) is 1. The van der Waals surface area contributed by atoms with E-state index in [-0.39, 0.29) is 0 Å². The molecule has 0 saturated heterocycles. The Morgan fingerprint density at radius 1 is 0.938 bits per heavy atom. The van der Waals surface area contributed by atoms with E-state index < -0.39 is 0 Å². The van der Waals surface area contributed by atoms with E-state index >= 15 is 0 Å². The van der Waals surface area contributed by atoms with Gasteiger partial charge in [0.2, 0.25) is 0 Å². The van der Waals surface area contributed by atoms with E-state index in [2.05, 4.69) is 26.1 Å². The van der Waals surface area contributed by atoms with Gasteiger partial charge in [-0.2, -0.15) is 0 Å². The fourth-order valence-electron chi connectivity index (χ4n) is 1.83. The highest BCUT2D eigenvalue weighted by Crippen LogP contribution is 2.06. The first-order chi connectivity index (χ1) is 7.85. The van der Waals surface area contributed by atoms with Gasteiger partial charge in [0.15, 0.2) is 0 Å². The maximum atomic E-state index is 5.90. The normalized spacial score (nSPS) is 12.9. The SMILES string of the molecule is CCCCCCCOC(CCC)CNCC. The van der Waals surface area contributed by atoms with Crippen LogP contribution in [0.4, 0.5) is 0 Å². The molecule has 0 fully saturated rings. The summed E-state index contributed by atoms with van der Waals surface area (Å²) in [6, 6.07) is 0. The van der Waals surface area contributed by atoms with Crippen molar-refractivity contribution in [2.24, 2.45) is 0 Å². The number of nitrogens with one attached hydrogen (secondary N) is 1. The van der Waals surface area contributed by atoms with Crippen LogP contribution in [0, 0.1) is 0 Å². The van der Waals surface area contributed by atoms with E-state index in [0.717, 1.165) is 19.7 Å². The summed E-state index contributed by atoms with van der Waals surface area (Å²) in [4.78, 5) is 0. The van der Waals surface area contributed by atoms with E-state index in [1.54, 1.807) is 0 Å². The second-order valence-electron chi connectivity index (χ2n) is 4.50. The third-order valence-corrected chi connectivity index (χ3v) is 2.83. The molecule has 16 heavy (non-hydrogen) atoms. The second kappa shape index (κ2) is 13.0. The number of hydrogen-bond acceptors (Lipinski definition) is 2. The minimum absolute atomic E-state index is 0.427. The van der Waals surface area contributed by atoms with Gasteiger partial charge in [-0.3, -0.25) is 0 Å². The summed E-state index contributed by atoms with van der Waals surface area (Å²) in [5, 5.41) is 3.37. The summed E-state index contributed by atoms with van der Waals surface area (Å²) in [5.74, 6) is 0. The molecule has 0 spiro atoms. The van der Waals surface area contributed by atoms with Crippen molar-refractivity contribution in [1.29, 1.82) is 0 Å². The topological polar surface area (TPSA) is 21.3 Å². The van der Waals surface area contributed by atoms with Gasteiger partial charge in [0.25, 0.3) is 0 Å². The van der Waals surface area contributed by atoms with Gasteiger partial charge in [-0.25, -0.2) is 0 Å². The monoisotopic (exact) mass is 229 g/mol. The molecule has 0 aliphatic heterocycles. The lowest BCUT2D eigenvalue weighted by atomic mass is 10.1. The number of hydrogen-bond donors (Lipinski definition) is 1. The van der Waals surface area contributed by atoms with Crippen LogP contribution in [-0.4, -0.2) is 25.8 Å². The summed E-state index contributed by atoms with van der Waals surface area (Å²) in [6.07, 6.45) is 9.44. The first kappa shape index (κ1) is 15.9. The molecule has 0 radical (unpaired) electrons. The summed E-state index contributed by atoms with van der Waals surface area (Å²) in [7, 11) is 0. The van der Waals surface area contributed by atoms with E-state index in [0.29, 0.717) is 6.10 Å². The van der Waals surface area contributed by atoms with Crippen LogP contribution in [0.15, 0.2) is 0 Å². The van der Waals surface area contributed by atoms with E-state index in [1.165, 1.54) is 44.9 Å². The van der Waals surface area contributed by atoms with E-state index in [1.807, 2.05) is 0 Å². The average molecular weight is 229 g/mol. The number of unbranched alkanes of at least 4 members (excludes halogenated alkanes) is 4. The fourth-order valence-corrected chi connectivity index (χ4v) is 1.83. The first-order valence-corrected chi connectivity index (χ1v) is 7.17. The Hall–Kier alpha value is -0.0800. The molecular weight excluding hydrogens is 198 g/mol. The van der Waals surface area contributed by atoms with Gasteiger partial charge in [-0.15, -0.1) is 0 Å². The Balaban J connectivity index is 3.36. The molecule has 2 nitrogen and oxygen atoms in total. The first-order valence-electron chi connectivity index (χ1n) is 7.17. The van der Waals surface area contributed by atoms with Crippen LogP contribution < -0.4 is 5.32 Å². The molecule has 2 heteroatoms. The van der Waals surface area contributed by atoms with Crippen LogP contribution in [0.5, 0.6) is 0 Å². The van der Waals surface area contributed by atoms with Crippen molar-refractivity contribution in [1.82, 2.24) is 5.32 Å². The number of rotatable bonds is 12. The van der Waals surface area contributed by atoms with Gasteiger partial charge >= 0.3 is 0 Å². The molecule has 98 valence electrons. The third kappa shape index (κ3) is 10.4. The molecule has 0 aliphatic carbocycles. The van der Waals surface area contributed by atoms with Crippen molar-refractivity contribution >= 4 is 0 Å². The zero-order valence-electron chi connectivity index (χ0n) is 11.6. The summed E-state index contributed by atoms with van der Waals surface area (Å²) >= 11 is 0. The van der Waals surface area contributed by atoms with Crippen LogP contribution in [0.3, 0.4) is 0 Å². The largest absolute Gasteiger partial charge is 0.377 e. The third-order valence-electron chi connectivity index (χ3n) is 2.83. The minimum Gasteiger partial charge on any atom is -0.377 e. The standard InChI is InChI=1S/C14H31NO/c1-4-7-8-9-10-12-16-14(11-5-2)13-15-6-3/h14-15H,4-13H2,1-3H3. The van der Waals surface area contributed by atoms with Crippen molar-refractivity contribution < 1.29 is 4.74 Å². The van der Waals surface area contributed by atoms with Crippen LogP contribution >= 0.6 is 0 Å². The molecule has 0 aromatic heterocycles. The lowest BCUT2D eigenvalue weighted by Crippen LogP contribution is -2.29. The van der Waals surface area contributed by atoms with Crippen molar-refractivity contribution in [3.05, 3.63) is 0 Å². The highest BCUT2D eigenvalue weighted by atomic mass is 16.5. The van der Waals surface area contributed by atoms with Gasteiger partial charge in [0.05, 0.1) is 6.10 Å². The molecular formula is C14H31NO. The second-order valence-corrected chi connectivity index (χ2v) is 4.50. The van der Waals surface area contributed by atoms with Gasteiger partial charge in [0, 0.05) is 13.2 Å². The van der Waals surface area contributed by atoms with Crippen LogP contribution in [0.1, 0.15) is 65.7 Å². The van der Waals surface area contributed by atoms with Gasteiger partial charge in [-0.1, -0.05) is 52.9 Å². The summed E-state index contributed by atoms with van der Waals surface area (Å²) in [5.41, 5.74) is 0. The van der Waals surface area contributed by atoms with Crippen LogP contribution in [-0.2, 0) is 4.74 Å². The summed E-state index contributed by atoms with van der Waals surface area (Å²) in [6.45, 7) is 9.63. The van der Waals surface area contributed by atoms with E-state index in [4.69, 9.17) is 4.74 Å². The molecule has 0 aromatic rings. The highest BCUT2D eigenvalue weighted by Gasteiger charge is 2.06. The lowest BCUT2D eigenvalue weighted by Gasteiger charge is -2.17.